The molecule has 0 aliphatic rings. The summed E-state index contributed by atoms with van der Waals surface area (Å²) in [5, 5.41) is 4.55. The largest absolute Gasteiger partial charge is 0.459 e. The predicted octanol–water partition coefficient (Wildman–Crippen LogP) is 3.99. The molecule has 0 fully saturated rings. The van der Waals surface area contributed by atoms with Gasteiger partial charge in [-0.3, -0.25) is 0 Å². The Morgan fingerprint density at radius 2 is 1.82 bits per heavy atom. The first-order valence-corrected chi connectivity index (χ1v) is 6.29. The number of hydrogen-bond acceptors (Lipinski definition) is 2. The van der Waals surface area contributed by atoms with Gasteiger partial charge in [0, 0.05) is 5.39 Å². The number of nitrogens with one attached hydrogen (secondary N) is 1. The van der Waals surface area contributed by atoms with Gasteiger partial charge in [0.1, 0.15) is 11.3 Å². The van der Waals surface area contributed by atoms with Gasteiger partial charge in [-0.2, -0.15) is 0 Å². The molecule has 1 heterocycles. The van der Waals surface area contributed by atoms with Crippen LogP contribution in [-0.4, -0.2) is 7.05 Å². The van der Waals surface area contributed by atoms with Gasteiger partial charge >= 0.3 is 0 Å². The fraction of sp³-hybridized carbons (Fsp3) is 0.467. The van der Waals surface area contributed by atoms with Crippen molar-refractivity contribution in [1.29, 1.82) is 0 Å². The van der Waals surface area contributed by atoms with Crippen LogP contribution < -0.4 is 5.32 Å². The fourth-order valence-electron chi connectivity index (χ4n) is 2.20. The van der Waals surface area contributed by atoms with Crippen LogP contribution in [0.3, 0.4) is 0 Å². The SMILES string of the molecule is CNC(c1cc2ccccc2o1)C(C)C(C)C. The molecule has 0 aliphatic carbocycles. The minimum absolute atomic E-state index is 0.280. The molecule has 2 nitrogen and oxygen atoms in total. The van der Waals surface area contributed by atoms with Crippen LogP contribution in [0.2, 0.25) is 0 Å². The first kappa shape index (κ1) is 12.2. The number of rotatable bonds is 4. The molecule has 2 aromatic rings. The van der Waals surface area contributed by atoms with E-state index < -0.39 is 0 Å². The molecule has 2 atom stereocenters. The van der Waals surface area contributed by atoms with Gasteiger partial charge in [0.2, 0.25) is 0 Å². The zero-order chi connectivity index (χ0) is 12.4. The van der Waals surface area contributed by atoms with Crippen LogP contribution in [0.5, 0.6) is 0 Å². The fourth-order valence-corrected chi connectivity index (χ4v) is 2.20. The molecule has 0 aliphatic heterocycles. The van der Waals surface area contributed by atoms with Crippen molar-refractivity contribution in [2.24, 2.45) is 11.8 Å². The Bertz CT molecular complexity index is 453. The van der Waals surface area contributed by atoms with E-state index in [1.54, 1.807) is 0 Å². The van der Waals surface area contributed by atoms with Crippen molar-refractivity contribution in [2.45, 2.75) is 26.8 Å². The van der Waals surface area contributed by atoms with Crippen molar-refractivity contribution in [1.82, 2.24) is 5.32 Å². The van der Waals surface area contributed by atoms with Crippen LogP contribution in [0.15, 0.2) is 34.7 Å². The first-order valence-electron chi connectivity index (χ1n) is 6.29. The number of benzene rings is 1. The Morgan fingerprint density at radius 1 is 1.12 bits per heavy atom. The van der Waals surface area contributed by atoms with E-state index in [-0.39, 0.29) is 6.04 Å². The molecule has 2 rings (SSSR count). The maximum Gasteiger partial charge on any atom is 0.134 e. The average molecular weight is 231 g/mol. The molecule has 0 spiro atoms. The van der Waals surface area contributed by atoms with Gasteiger partial charge in [0.25, 0.3) is 0 Å². The Hall–Kier alpha value is -1.28. The second-order valence-corrected chi connectivity index (χ2v) is 5.06. The lowest BCUT2D eigenvalue weighted by molar-refractivity contribution is 0.284. The molecule has 1 aromatic heterocycles. The van der Waals surface area contributed by atoms with E-state index in [9.17, 15) is 0 Å². The maximum absolute atomic E-state index is 5.93. The molecule has 2 heteroatoms. The van der Waals surface area contributed by atoms with Crippen LogP contribution in [-0.2, 0) is 0 Å². The maximum atomic E-state index is 5.93. The molecule has 1 N–H and O–H groups in total. The molecule has 0 bridgehead atoms. The van der Waals surface area contributed by atoms with Gasteiger partial charge in [0.05, 0.1) is 6.04 Å². The van der Waals surface area contributed by atoms with Gasteiger partial charge in [-0.15, -0.1) is 0 Å². The lowest BCUT2D eigenvalue weighted by Gasteiger charge is -2.24. The topological polar surface area (TPSA) is 25.2 Å². The first-order chi connectivity index (χ1) is 8.13. The standard InChI is InChI=1S/C15H21NO/c1-10(2)11(3)15(16-4)14-9-12-7-5-6-8-13(12)17-14/h5-11,15-16H,1-4H3. The lowest BCUT2D eigenvalue weighted by Crippen LogP contribution is -2.26. The van der Waals surface area contributed by atoms with E-state index in [1.807, 2.05) is 25.2 Å². The Balaban J connectivity index is 2.36. The molecule has 0 saturated carbocycles. The van der Waals surface area contributed by atoms with Crippen LogP contribution >= 0.6 is 0 Å². The zero-order valence-electron chi connectivity index (χ0n) is 11.0. The predicted molar refractivity (Wildman–Crippen MR) is 72.0 cm³/mol. The van der Waals surface area contributed by atoms with Crippen molar-refractivity contribution < 1.29 is 4.42 Å². The van der Waals surface area contributed by atoms with E-state index in [0.717, 1.165) is 11.3 Å². The highest BCUT2D eigenvalue weighted by Gasteiger charge is 2.23. The van der Waals surface area contributed by atoms with Crippen LogP contribution in [0.25, 0.3) is 11.0 Å². The normalized spacial score (nSPS) is 15.4. The summed E-state index contributed by atoms with van der Waals surface area (Å²) >= 11 is 0. The molecule has 1 aromatic carbocycles. The van der Waals surface area contributed by atoms with E-state index >= 15 is 0 Å². The van der Waals surface area contributed by atoms with Crippen molar-refractivity contribution in [3.63, 3.8) is 0 Å². The Kier molecular flexibility index (Phi) is 3.53. The van der Waals surface area contributed by atoms with E-state index in [4.69, 9.17) is 4.42 Å². The van der Waals surface area contributed by atoms with Gasteiger partial charge < -0.3 is 9.73 Å². The summed E-state index contributed by atoms with van der Waals surface area (Å²) < 4.78 is 5.93. The highest BCUT2D eigenvalue weighted by Crippen LogP contribution is 2.31. The van der Waals surface area contributed by atoms with Gasteiger partial charge in [-0.1, -0.05) is 39.0 Å². The molecule has 17 heavy (non-hydrogen) atoms. The number of fused-ring (bicyclic) bond motifs is 1. The van der Waals surface area contributed by atoms with Crippen molar-refractivity contribution in [2.75, 3.05) is 7.05 Å². The lowest BCUT2D eigenvalue weighted by atomic mass is 9.89. The number of furan rings is 1. The average Bonchev–Trinajstić information content (AvgIpc) is 2.72. The van der Waals surface area contributed by atoms with Crippen LogP contribution in [0.4, 0.5) is 0 Å². The van der Waals surface area contributed by atoms with Crippen molar-refractivity contribution >= 4 is 11.0 Å². The molecular weight excluding hydrogens is 210 g/mol. The third kappa shape index (κ3) is 2.37. The number of para-hydroxylation sites is 1. The summed E-state index contributed by atoms with van der Waals surface area (Å²) in [4.78, 5) is 0. The van der Waals surface area contributed by atoms with E-state index in [2.05, 4.69) is 38.2 Å². The highest BCUT2D eigenvalue weighted by molar-refractivity contribution is 5.77. The molecule has 0 saturated heterocycles. The van der Waals surface area contributed by atoms with Crippen LogP contribution in [0, 0.1) is 11.8 Å². The third-order valence-electron chi connectivity index (χ3n) is 3.64. The molecule has 0 radical (unpaired) electrons. The highest BCUT2D eigenvalue weighted by atomic mass is 16.3. The number of hydrogen-bond donors (Lipinski definition) is 1. The summed E-state index contributed by atoms with van der Waals surface area (Å²) in [7, 11) is 2.00. The molecule has 92 valence electrons. The van der Waals surface area contributed by atoms with Gasteiger partial charge in [0.15, 0.2) is 0 Å². The summed E-state index contributed by atoms with van der Waals surface area (Å²) in [5.74, 6) is 2.20. The molecule has 2 unspecified atom stereocenters. The smallest absolute Gasteiger partial charge is 0.134 e. The second-order valence-electron chi connectivity index (χ2n) is 5.06. The quantitative estimate of drug-likeness (QED) is 0.860. The van der Waals surface area contributed by atoms with Crippen molar-refractivity contribution in [3.8, 4) is 0 Å². The second kappa shape index (κ2) is 4.92. The van der Waals surface area contributed by atoms with Crippen molar-refractivity contribution in [3.05, 3.63) is 36.1 Å². The Morgan fingerprint density at radius 3 is 2.41 bits per heavy atom. The monoisotopic (exact) mass is 231 g/mol. The summed E-state index contributed by atoms with van der Waals surface area (Å²) in [5.41, 5.74) is 0.971. The summed E-state index contributed by atoms with van der Waals surface area (Å²) in [6, 6.07) is 10.6. The molecule has 0 amide bonds. The third-order valence-corrected chi connectivity index (χ3v) is 3.64. The summed E-state index contributed by atoms with van der Waals surface area (Å²) in [6.07, 6.45) is 0. The minimum Gasteiger partial charge on any atom is -0.459 e. The zero-order valence-corrected chi connectivity index (χ0v) is 11.0. The summed E-state index contributed by atoms with van der Waals surface area (Å²) in [6.45, 7) is 6.76. The Labute approximate surface area is 103 Å². The van der Waals surface area contributed by atoms with E-state index in [1.165, 1.54) is 5.39 Å². The van der Waals surface area contributed by atoms with E-state index in [0.29, 0.717) is 11.8 Å². The van der Waals surface area contributed by atoms with Crippen LogP contribution in [0.1, 0.15) is 32.6 Å². The van der Waals surface area contributed by atoms with Gasteiger partial charge in [-0.05, 0) is 31.0 Å². The minimum atomic E-state index is 0.280. The van der Waals surface area contributed by atoms with Gasteiger partial charge in [-0.25, -0.2) is 0 Å². The molecular formula is C15H21NO.